The van der Waals surface area contributed by atoms with Crippen LogP contribution in [0.25, 0.3) is 0 Å². The normalized spacial score (nSPS) is 12.9. The highest BCUT2D eigenvalue weighted by molar-refractivity contribution is 7.78. The highest BCUT2D eigenvalue weighted by Crippen LogP contribution is 2.05. The van der Waals surface area contributed by atoms with E-state index in [1.165, 1.54) is 0 Å². The molecule has 0 aliphatic carbocycles. The lowest BCUT2D eigenvalue weighted by Crippen LogP contribution is -1.98. The molecule has 66 valence electrons. The second-order valence-electron chi connectivity index (χ2n) is 2.65. The molecular formula is C8H10NO2S-. The van der Waals surface area contributed by atoms with Crippen LogP contribution in [0.4, 0.5) is 0 Å². The highest BCUT2D eigenvalue weighted by Gasteiger charge is 1.97. The number of rotatable bonds is 2. The topological polar surface area (TPSA) is 53.0 Å². The van der Waals surface area contributed by atoms with Crippen molar-refractivity contribution >= 4 is 11.1 Å². The summed E-state index contributed by atoms with van der Waals surface area (Å²) < 4.78 is 20.6. The quantitative estimate of drug-likeness (QED) is 0.646. The minimum absolute atomic E-state index is 0.00111. The van der Waals surface area contributed by atoms with Crippen molar-refractivity contribution in [2.24, 2.45) is 0 Å². The predicted octanol–water partition coefficient (Wildman–Crippen LogP) is 1.08. The predicted molar refractivity (Wildman–Crippen MR) is 46.3 cm³/mol. The Kier molecular flexibility index (Phi) is 2.94. The van der Waals surface area contributed by atoms with E-state index in [2.05, 4.69) is 4.98 Å². The first-order valence-electron chi connectivity index (χ1n) is 3.58. The van der Waals surface area contributed by atoms with E-state index in [-0.39, 0.29) is 5.75 Å². The molecule has 0 saturated carbocycles. The standard InChI is InChI=1S/C8H11NO2S/c1-6-3-4-8(5-12(10)11)9-7(6)2/h3-4H,5H2,1-2H3,(H,10,11)/p-1. The van der Waals surface area contributed by atoms with Crippen LogP contribution in [0.1, 0.15) is 17.0 Å². The monoisotopic (exact) mass is 184 g/mol. The van der Waals surface area contributed by atoms with E-state index >= 15 is 0 Å². The van der Waals surface area contributed by atoms with Crippen LogP contribution in [0.5, 0.6) is 0 Å². The molecule has 1 aromatic rings. The Balaban J connectivity index is 2.89. The zero-order valence-electron chi connectivity index (χ0n) is 7.03. The van der Waals surface area contributed by atoms with Gasteiger partial charge in [-0.05, 0) is 36.6 Å². The smallest absolute Gasteiger partial charge is 0.0526 e. The molecule has 0 saturated heterocycles. The van der Waals surface area contributed by atoms with E-state index in [4.69, 9.17) is 0 Å². The molecule has 0 aromatic carbocycles. The number of aromatic nitrogens is 1. The Labute approximate surface area is 74.1 Å². The second-order valence-corrected chi connectivity index (χ2v) is 3.55. The fraction of sp³-hybridized carbons (Fsp3) is 0.375. The summed E-state index contributed by atoms with van der Waals surface area (Å²) in [7, 11) is 0. The van der Waals surface area contributed by atoms with Gasteiger partial charge in [0.15, 0.2) is 0 Å². The maximum absolute atomic E-state index is 10.3. The van der Waals surface area contributed by atoms with Gasteiger partial charge in [-0.2, -0.15) is 0 Å². The van der Waals surface area contributed by atoms with Crippen LogP contribution in [-0.2, 0) is 16.8 Å². The molecule has 1 unspecified atom stereocenters. The summed E-state index contributed by atoms with van der Waals surface area (Å²) in [4.78, 5) is 4.12. The van der Waals surface area contributed by atoms with Crippen LogP contribution in [0.15, 0.2) is 12.1 Å². The Hall–Kier alpha value is -0.740. The van der Waals surface area contributed by atoms with Gasteiger partial charge < -0.3 is 4.55 Å². The summed E-state index contributed by atoms with van der Waals surface area (Å²) in [5.41, 5.74) is 2.57. The maximum atomic E-state index is 10.3. The van der Waals surface area contributed by atoms with E-state index in [1.807, 2.05) is 19.9 Å². The number of aryl methyl sites for hydroxylation is 2. The van der Waals surface area contributed by atoms with Gasteiger partial charge >= 0.3 is 0 Å². The van der Waals surface area contributed by atoms with Crippen LogP contribution in [0.2, 0.25) is 0 Å². The average molecular weight is 184 g/mol. The number of pyridine rings is 1. The van der Waals surface area contributed by atoms with Crippen LogP contribution in [-0.4, -0.2) is 13.7 Å². The first kappa shape index (κ1) is 9.35. The Morgan fingerprint density at radius 2 is 2.17 bits per heavy atom. The lowest BCUT2D eigenvalue weighted by Gasteiger charge is -2.05. The molecule has 1 atom stereocenters. The number of hydrogen-bond acceptors (Lipinski definition) is 3. The van der Waals surface area contributed by atoms with Gasteiger partial charge in [-0.15, -0.1) is 0 Å². The summed E-state index contributed by atoms with van der Waals surface area (Å²) in [5.74, 6) is 0.00111. The largest absolute Gasteiger partial charge is 0.772 e. The maximum Gasteiger partial charge on any atom is 0.0526 e. The van der Waals surface area contributed by atoms with Crippen molar-refractivity contribution in [3.05, 3.63) is 29.1 Å². The third kappa shape index (κ3) is 2.39. The minimum atomic E-state index is -2.04. The van der Waals surface area contributed by atoms with Gasteiger partial charge in [-0.1, -0.05) is 6.07 Å². The minimum Gasteiger partial charge on any atom is -0.772 e. The molecule has 12 heavy (non-hydrogen) atoms. The van der Waals surface area contributed by atoms with Crippen LogP contribution in [0.3, 0.4) is 0 Å². The highest BCUT2D eigenvalue weighted by atomic mass is 32.2. The Morgan fingerprint density at radius 3 is 2.67 bits per heavy atom. The SMILES string of the molecule is Cc1ccc(CS(=O)[O-])nc1C. The van der Waals surface area contributed by atoms with E-state index < -0.39 is 11.1 Å². The van der Waals surface area contributed by atoms with Gasteiger partial charge in [0.25, 0.3) is 0 Å². The molecule has 0 amide bonds. The molecule has 1 aromatic heterocycles. The fourth-order valence-corrected chi connectivity index (χ4v) is 1.29. The number of hydrogen-bond donors (Lipinski definition) is 0. The summed E-state index contributed by atoms with van der Waals surface area (Å²) in [5, 5.41) is 0. The Morgan fingerprint density at radius 1 is 1.50 bits per heavy atom. The molecule has 0 aliphatic heterocycles. The van der Waals surface area contributed by atoms with E-state index in [0.29, 0.717) is 5.69 Å². The molecule has 0 radical (unpaired) electrons. The molecule has 0 fully saturated rings. The molecular weight excluding hydrogens is 174 g/mol. The molecule has 1 rings (SSSR count). The molecule has 0 aliphatic rings. The third-order valence-electron chi connectivity index (χ3n) is 1.67. The molecule has 4 heteroatoms. The van der Waals surface area contributed by atoms with Crippen molar-refractivity contribution in [3.8, 4) is 0 Å². The van der Waals surface area contributed by atoms with Crippen molar-refractivity contribution in [2.45, 2.75) is 19.6 Å². The summed E-state index contributed by atoms with van der Waals surface area (Å²) in [6, 6.07) is 3.61. The zero-order chi connectivity index (χ0) is 9.14. The van der Waals surface area contributed by atoms with E-state index in [0.717, 1.165) is 11.3 Å². The zero-order valence-corrected chi connectivity index (χ0v) is 7.85. The fourth-order valence-electron chi connectivity index (χ4n) is 0.884. The summed E-state index contributed by atoms with van der Waals surface area (Å²) in [6.07, 6.45) is 0. The van der Waals surface area contributed by atoms with Gasteiger partial charge in [-0.25, -0.2) is 0 Å². The number of nitrogens with zero attached hydrogens (tertiary/aromatic N) is 1. The molecule has 3 nitrogen and oxygen atoms in total. The molecule has 0 bridgehead atoms. The lowest BCUT2D eigenvalue weighted by molar-refractivity contribution is 0.535. The van der Waals surface area contributed by atoms with Crippen molar-refractivity contribution in [1.82, 2.24) is 4.98 Å². The van der Waals surface area contributed by atoms with Crippen molar-refractivity contribution in [2.75, 3.05) is 0 Å². The molecule has 1 heterocycles. The average Bonchev–Trinajstić information content (AvgIpc) is 1.96. The summed E-state index contributed by atoms with van der Waals surface area (Å²) in [6.45, 7) is 3.81. The van der Waals surface area contributed by atoms with Gasteiger partial charge in [0, 0.05) is 5.69 Å². The van der Waals surface area contributed by atoms with Gasteiger partial charge in [0.2, 0.25) is 0 Å². The molecule has 0 spiro atoms. The van der Waals surface area contributed by atoms with Crippen LogP contribution >= 0.6 is 0 Å². The van der Waals surface area contributed by atoms with Crippen molar-refractivity contribution in [3.63, 3.8) is 0 Å². The van der Waals surface area contributed by atoms with Crippen LogP contribution < -0.4 is 0 Å². The molecule has 0 N–H and O–H groups in total. The first-order valence-corrected chi connectivity index (χ1v) is 4.83. The third-order valence-corrected chi connectivity index (χ3v) is 2.20. The van der Waals surface area contributed by atoms with Gasteiger partial charge in [0.1, 0.15) is 0 Å². The first-order chi connectivity index (χ1) is 5.59. The van der Waals surface area contributed by atoms with Crippen LogP contribution in [0, 0.1) is 13.8 Å². The summed E-state index contributed by atoms with van der Waals surface area (Å²) >= 11 is -2.04. The van der Waals surface area contributed by atoms with Crippen molar-refractivity contribution in [1.29, 1.82) is 0 Å². The van der Waals surface area contributed by atoms with E-state index in [1.54, 1.807) is 6.07 Å². The van der Waals surface area contributed by atoms with E-state index in [9.17, 15) is 8.76 Å². The van der Waals surface area contributed by atoms with Gasteiger partial charge in [-0.3, -0.25) is 9.19 Å². The van der Waals surface area contributed by atoms with Gasteiger partial charge in [0.05, 0.1) is 11.4 Å². The second kappa shape index (κ2) is 3.78. The lowest BCUT2D eigenvalue weighted by atomic mass is 10.2. The Bertz CT molecular complexity index is 312. The van der Waals surface area contributed by atoms with Crippen molar-refractivity contribution < 1.29 is 8.76 Å².